The van der Waals surface area contributed by atoms with Crippen LogP contribution >= 0.6 is 11.6 Å². The minimum absolute atomic E-state index is 0.0177. The average Bonchev–Trinajstić information content (AvgIpc) is 2.68. The largest absolute Gasteiger partial charge is 0.484 e. The molecular weight excluding hydrogens is 393 g/mol. The summed E-state index contributed by atoms with van der Waals surface area (Å²) in [5, 5.41) is 1.93. The highest BCUT2D eigenvalue weighted by Crippen LogP contribution is 2.36. The second kappa shape index (κ2) is 8.31. The van der Waals surface area contributed by atoms with Crippen LogP contribution in [0.4, 0.5) is 18.9 Å². The van der Waals surface area contributed by atoms with E-state index in [2.05, 4.69) is 10.3 Å². The molecule has 1 aromatic heterocycles. The van der Waals surface area contributed by atoms with Crippen molar-refractivity contribution in [3.63, 3.8) is 0 Å². The number of hydrogen-bond donors (Lipinski definition) is 1. The predicted octanol–water partition coefficient (Wildman–Crippen LogP) is 5.44. The Morgan fingerprint density at radius 2 is 1.79 bits per heavy atom. The summed E-state index contributed by atoms with van der Waals surface area (Å²) in [6.45, 7) is -0.357. The molecule has 4 nitrogen and oxygen atoms in total. The van der Waals surface area contributed by atoms with E-state index in [0.29, 0.717) is 5.75 Å². The number of halogens is 4. The third-order valence-corrected chi connectivity index (χ3v) is 4.10. The molecule has 0 aliphatic heterocycles. The zero-order chi connectivity index (χ0) is 20.1. The van der Waals surface area contributed by atoms with Crippen LogP contribution in [0.2, 0.25) is 5.02 Å². The minimum Gasteiger partial charge on any atom is -0.484 e. The van der Waals surface area contributed by atoms with Gasteiger partial charge in [-0.05, 0) is 53.6 Å². The molecule has 8 heteroatoms. The molecule has 0 unspecified atom stereocenters. The third-order valence-electron chi connectivity index (χ3n) is 3.77. The van der Waals surface area contributed by atoms with Crippen LogP contribution in [0, 0.1) is 0 Å². The smallest absolute Gasteiger partial charge is 0.417 e. The fourth-order valence-corrected chi connectivity index (χ4v) is 2.70. The van der Waals surface area contributed by atoms with Gasteiger partial charge in [0.25, 0.3) is 5.91 Å². The number of benzene rings is 2. The number of amides is 1. The molecule has 0 aliphatic rings. The zero-order valence-electron chi connectivity index (χ0n) is 14.3. The van der Waals surface area contributed by atoms with Gasteiger partial charge in [-0.15, -0.1) is 0 Å². The lowest BCUT2D eigenvalue weighted by atomic mass is 10.1. The van der Waals surface area contributed by atoms with Crippen molar-refractivity contribution in [1.82, 2.24) is 4.98 Å². The number of hydrogen-bond acceptors (Lipinski definition) is 3. The van der Waals surface area contributed by atoms with Gasteiger partial charge in [0, 0.05) is 18.1 Å². The molecule has 0 saturated carbocycles. The van der Waals surface area contributed by atoms with E-state index in [1.54, 1.807) is 30.6 Å². The summed E-state index contributed by atoms with van der Waals surface area (Å²) in [5.74, 6) is -0.138. The highest BCUT2D eigenvalue weighted by Gasteiger charge is 2.33. The predicted molar refractivity (Wildman–Crippen MR) is 100 cm³/mol. The number of carbonyl (C=O) groups excluding carboxylic acids is 1. The first kappa shape index (κ1) is 19.7. The van der Waals surface area contributed by atoms with Gasteiger partial charge in [-0.3, -0.25) is 9.78 Å². The van der Waals surface area contributed by atoms with Crippen LogP contribution in [0.1, 0.15) is 5.56 Å². The Balaban J connectivity index is 1.64. The van der Waals surface area contributed by atoms with Crippen molar-refractivity contribution in [2.75, 3.05) is 11.9 Å². The van der Waals surface area contributed by atoms with E-state index < -0.39 is 22.7 Å². The Hall–Kier alpha value is -3.06. The molecular formula is C20H14ClF3N2O2. The van der Waals surface area contributed by atoms with E-state index in [4.69, 9.17) is 16.3 Å². The summed E-state index contributed by atoms with van der Waals surface area (Å²) in [4.78, 5) is 16.0. The lowest BCUT2D eigenvalue weighted by Gasteiger charge is -2.12. The van der Waals surface area contributed by atoms with E-state index in [1.807, 2.05) is 18.2 Å². The number of ether oxygens (including phenoxy) is 1. The molecule has 0 fully saturated rings. The number of rotatable bonds is 5. The summed E-state index contributed by atoms with van der Waals surface area (Å²) in [5.41, 5.74) is 0.785. The van der Waals surface area contributed by atoms with Crippen molar-refractivity contribution >= 4 is 23.2 Å². The van der Waals surface area contributed by atoms with Gasteiger partial charge in [0.2, 0.25) is 0 Å². The summed E-state index contributed by atoms with van der Waals surface area (Å²) in [6, 6.07) is 13.9. The fraction of sp³-hybridized carbons (Fsp3) is 0.100. The van der Waals surface area contributed by atoms with Crippen molar-refractivity contribution < 1.29 is 22.7 Å². The van der Waals surface area contributed by atoms with Crippen molar-refractivity contribution in [3.8, 4) is 16.9 Å². The number of pyridine rings is 1. The first-order chi connectivity index (χ1) is 13.3. The number of nitrogens with zero attached hydrogens (tertiary/aromatic N) is 1. The van der Waals surface area contributed by atoms with Gasteiger partial charge in [0.1, 0.15) is 5.75 Å². The quantitative estimate of drug-likeness (QED) is 0.614. The maximum absolute atomic E-state index is 12.9. The van der Waals surface area contributed by atoms with Crippen molar-refractivity contribution in [1.29, 1.82) is 0 Å². The van der Waals surface area contributed by atoms with E-state index in [1.165, 1.54) is 6.07 Å². The van der Waals surface area contributed by atoms with Crippen LogP contribution < -0.4 is 10.1 Å². The molecule has 3 rings (SSSR count). The Bertz CT molecular complexity index is 979. The molecule has 0 radical (unpaired) electrons. The lowest BCUT2D eigenvalue weighted by molar-refractivity contribution is -0.137. The first-order valence-corrected chi connectivity index (χ1v) is 8.50. The first-order valence-electron chi connectivity index (χ1n) is 8.13. The molecule has 3 aromatic rings. The molecule has 144 valence electrons. The monoisotopic (exact) mass is 406 g/mol. The molecule has 1 N–H and O–H groups in total. The molecule has 0 saturated heterocycles. The summed E-state index contributed by atoms with van der Waals surface area (Å²) in [7, 11) is 0. The molecule has 0 atom stereocenters. The van der Waals surface area contributed by atoms with Gasteiger partial charge in [0.15, 0.2) is 6.61 Å². The molecule has 1 heterocycles. The lowest BCUT2D eigenvalue weighted by Crippen LogP contribution is -2.20. The normalized spacial score (nSPS) is 11.1. The van der Waals surface area contributed by atoms with Gasteiger partial charge in [-0.1, -0.05) is 23.7 Å². The second-order valence-corrected chi connectivity index (χ2v) is 6.20. The van der Waals surface area contributed by atoms with Gasteiger partial charge in [0.05, 0.1) is 10.6 Å². The molecule has 0 aliphatic carbocycles. The summed E-state index contributed by atoms with van der Waals surface area (Å²) < 4.78 is 44.1. The van der Waals surface area contributed by atoms with Crippen LogP contribution in [-0.2, 0) is 11.0 Å². The Morgan fingerprint density at radius 1 is 1.04 bits per heavy atom. The van der Waals surface area contributed by atoms with Gasteiger partial charge >= 0.3 is 6.18 Å². The topological polar surface area (TPSA) is 51.2 Å². The highest BCUT2D eigenvalue weighted by molar-refractivity contribution is 6.31. The standard InChI is InChI=1S/C20H14ClF3N2O2/c21-18-5-4-15(11-17(18)20(22,23)24)26-19(27)12-28-16-3-1-2-14(10-16)13-6-8-25-9-7-13/h1-11H,12H2,(H,26,27). The maximum atomic E-state index is 12.9. The van der Waals surface area contributed by atoms with Gasteiger partial charge < -0.3 is 10.1 Å². The molecule has 1 amide bonds. The Labute approximate surface area is 163 Å². The molecule has 2 aromatic carbocycles. The number of carbonyl (C=O) groups is 1. The van der Waals surface area contributed by atoms with Gasteiger partial charge in [-0.25, -0.2) is 0 Å². The second-order valence-electron chi connectivity index (χ2n) is 5.79. The van der Waals surface area contributed by atoms with Gasteiger partial charge in [-0.2, -0.15) is 13.2 Å². The Kier molecular flexibility index (Phi) is 5.84. The SMILES string of the molecule is O=C(COc1cccc(-c2ccncc2)c1)Nc1ccc(Cl)c(C(F)(F)F)c1. The number of anilines is 1. The summed E-state index contributed by atoms with van der Waals surface area (Å²) in [6.07, 6.45) is -1.28. The highest BCUT2D eigenvalue weighted by atomic mass is 35.5. The van der Waals surface area contributed by atoms with Crippen molar-refractivity contribution in [2.45, 2.75) is 6.18 Å². The van der Waals surface area contributed by atoms with Crippen LogP contribution in [0.15, 0.2) is 67.0 Å². The number of aromatic nitrogens is 1. The van der Waals surface area contributed by atoms with E-state index in [-0.39, 0.29) is 12.3 Å². The average molecular weight is 407 g/mol. The fourth-order valence-electron chi connectivity index (χ4n) is 2.48. The van der Waals surface area contributed by atoms with Crippen LogP contribution in [0.3, 0.4) is 0 Å². The zero-order valence-corrected chi connectivity index (χ0v) is 15.1. The molecule has 28 heavy (non-hydrogen) atoms. The molecule has 0 spiro atoms. The van der Waals surface area contributed by atoms with Crippen LogP contribution in [0.25, 0.3) is 11.1 Å². The van der Waals surface area contributed by atoms with Crippen molar-refractivity contribution in [3.05, 3.63) is 77.6 Å². The number of alkyl halides is 3. The molecule has 0 bridgehead atoms. The van der Waals surface area contributed by atoms with Crippen LogP contribution in [-0.4, -0.2) is 17.5 Å². The summed E-state index contributed by atoms with van der Waals surface area (Å²) >= 11 is 5.56. The number of nitrogens with one attached hydrogen (secondary N) is 1. The third kappa shape index (κ3) is 5.01. The maximum Gasteiger partial charge on any atom is 0.417 e. The van der Waals surface area contributed by atoms with E-state index in [0.717, 1.165) is 23.3 Å². The Morgan fingerprint density at radius 3 is 2.50 bits per heavy atom. The van der Waals surface area contributed by atoms with Crippen molar-refractivity contribution in [2.24, 2.45) is 0 Å². The minimum atomic E-state index is -4.61. The van der Waals surface area contributed by atoms with E-state index in [9.17, 15) is 18.0 Å². The van der Waals surface area contributed by atoms with E-state index >= 15 is 0 Å². The van der Waals surface area contributed by atoms with Crippen LogP contribution in [0.5, 0.6) is 5.75 Å².